The normalized spacial score (nSPS) is 16.3. The molecule has 1 aliphatic heterocycles. The quantitative estimate of drug-likeness (QED) is 0.236. The van der Waals surface area contributed by atoms with E-state index in [1.807, 2.05) is 30.3 Å². The van der Waals surface area contributed by atoms with Crippen molar-refractivity contribution >= 4 is 36.9 Å². The maximum absolute atomic E-state index is 12.9. The lowest BCUT2D eigenvalue weighted by Gasteiger charge is -2.37. The fourth-order valence-corrected chi connectivity index (χ4v) is 6.10. The van der Waals surface area contributed by atoms with E-state index in [1.165, 1.54) is 16.4 Å². The molecule has 0 spiro atoms. The number of nitrogens with zero attached hydrogens (tertiary/aromatic N) is 3. The lowest BCUT2D eigenvalue weighted by molar-refractivity contribution is -0.135. The SMILES string of the molecule is CS(=O)(=O)N1CCN([C@@H](CNS(=O)(=O)c2ccc(OCc3ccnc4ccccc34)cc2)C(=O)NO)CC1. The summed E-state index contributed by atoms with van der Waals surface area (Å²) < 4.78 is 58.8. The molecular formula is C24H29N5O7S2. The summed E-state index contributed by atoms with van der Waals surface area (Å²) in [4.78, 5) is 18.2. The van der Waals surface area contributed by atoms with Crippen LogP contribution in [0.15, 0.2) is 65.7 Å². The van der Waals surface area contributed by atoms with Gasteiger partial charge in [-0.25, -0.2) is 27.0 Å². The predicted molar refractivity (Wildman–Crippen MR) is 139 cm³/mol. The molecule has 1 aliphatic rings. The fourth-order valence-electron chi connectivity index (χ4n) is 4.24. The Bertz CT molecular complexity index is 1480. The van der Waals surface area contributed by atoms with Crippen LogP contribution in [0.3, 0.4) is 0 Å². The Kier molecular flexibility index (Phi) is 8.60. The third-order valence-electron chi connectivity index (χ3n) is 6.33. The van der Waals surface area contributed by atoms with Gasteiger partial charge >= 0.3 is 0 Å². The van der Waals surface area contributed by atoms with Crippen LogP contribution >= 0.6 is 0 Å². The second-order valence-corrected chi connectivity index (χ2v) is 12.5. The third-order valence-corrected chi connectivity index (χ3v) is 9.07. The third kappa shape index (κ3) is 6.64. The van der Waals surface area contributed by atoms with Crippen molar-refractivity contribution < 1.29 is 31.6 Å². The van der Waals surface area contributed by atoms with E-state index in [-0.39, 0.29) is 44.2 Å². The Morgan fingerprint density at radius 1 is 1.03 bits per heavy atom. The van der Waals surface area contributed by atoms with E-state index in [9.17, 15) is 21.6 Å². The molecule has 38 heavy (non-hydrogen) atoms. The monoisotopic (exact) mass is 563 g/mol. The number of nitrogens with one attached hydrogen (secondary N) is 2. The number of benzene rings is 2. The van der Waals surface area contributed by atoms with Crippen molar-refractivity contribution in [2.45, 2.75) is 17.5 Å². The van der Waals surface area contributed by atoms with Crippen LogP contribution in [-0.4, -0.2) is 87.2 Å². The fraction of sp³-hybridized carbons (Fsp3) is 0.333. The van der Waals surface area contributed by atoms with Crippen LogP contribution in [0, 0.1) is 0 Å². The molecule has 1 atom stereocenters. The number of fused-ring (bicyclic) bond motifs is 1. The van der Waals surface area contributed by atoms with E-state index in [2.05, 4.69) is 9.71 Å². The van der Waals surface area contributed by atoms with Gasteiger partial charge in [-0.1, -0.05) is 18.2 Å². The van der Waals surface area contributed by atoms with E-state index < -0.39 is 32.0 Å². The predicted octanol–water partition coefficient (Wildman–Crippen LogP) is 0.543. The Morgan fingerprint density at radius 3 is 2.37 bits per heavy atom. The average molecular weight is 564 g/mol. The van der Waals surface area contributed by atoms with Crippen molar-refractivity contribution in [3.8, 4) is 5.75 Å². The van der Waals surface area contributed by atoms with E-state index in [1.54, 1.807) is 28.7 Å². The van der Waals surface area contributed by atoms with Crippen molar-refractivity contribution in [3.63, 3.8) is 0 Å². The minimum atomic E-state index is -3.99. The lowest BCUT2D eigenvalue weighted by Crippen LogP contribution is -2.58. The molecule has 4 rings (SSSR count). The maximum atomic E-state index is 12.9. The summed E-state index contributed by atoms with van der Waals surface area (Å²) in [5, 5.41) is 10.1. The summed E-state index contributed by atoms with van der Waals surface area (Å²) in [6.07, 6.45) is 2.81. The molecule has 0 unspecified atom stereocenters. The van der Waals surface area contributed by atoms with Gasteiger partial charge in [-0.15, -0.1) is 0 Å². The average Bonchev–Trinajstić information content (AvgIpc) is 2.91. The molecular weight excluding hydrogens is 534 g/mol. The van der Waals surface area contributed by atoms with Crippen molar-refractivity contribution in [2.75, 3.05) is 39.0 Å². The standard InChI is InChI=1S/C24H29N5O7S2/c1-37(32,33)29-14-12-28(13-15-29)23(24(30)27-31)16-26-38(34,35)20-8-6-19(7-9-20)36-17-18-10-11-25-22-5-3-2-4-21(18)22/h2-11,23,26,31H,12-17H2,1H3,(H,27,30)/t23-/m0/s1. The van der Waals surface area contributed by atoms with E-state index in [0.717, 1.165) is 22.7 Å². The van der Waals surface area contributed by atoms with E-state index >= 15 is 0 Å². The summed E-state index contributed by atoms with van der Waals surface area (Å²) in [5.41, 5.74) is 3.36. The molecule has 1 fully saturated rings. The van der Waals surface area contributed by atoms with Crippen LogP contribution < -0.4 is 14.9 Å². The topological polar surface area (TPSA) is 158 Å². The van der Waals surface area contributed by atoms with Gasteiger partial charge in [-0.05, 0) is 36.4 Å². The lowest BCUT2D eigenvalue weighted by atomic mass is 10.1. The zero-order valence-electron chi connectivity index (χ0n) is 20.6. The number of piperazine rings is 1. The largest absolute Gasteiger partial charge is 0.489 e. The van der Waals surface area contributed by atoms with Gasteiger partial charge in [-0.3, -0.25) is 19.9 Å². The number of rotatable bonds is 10. The number of sulfonamides is 2. The Balaban J connectivity index is 1.38. The second-order valence-electron chi connectivity index (χ2n) is 8.79. The van der Waals surface area contributed by atoms with Gasteiger partial charge < -0.3 is 4.74 Å². The summed E-state index contributed by atoms with van der Waals surface area (Å²) in [5.74, 6) is -0.320. The first-order chi connectivity index (χ1) is 18.1. The molecule has 3 N–H and O–H groups in total. The van der Waals surface area contributed by atoms with E-state index in [4.69, 9.17) is 9.94 Å². The molecule has 0 radical (unpaired) electrons. The van der Waals surface area contributed by atoms with Gasteiger partial charge in [0.2, 0.25) is 20.0 Å². The first kappa shape index (κ1) is 27.9. The van der Waals surface area contributed by atoms with Gasteiger partial charge in [0, 0.05) is 49.9 Å². The number of ether oxygens (including phenoxy) is 1. The summed E-state index contributed by atoms with van der Waals surface area (Å²) in [7, 11) is -7.36. The van der Waals surface area contributed by atoms with Crippen LogP contribution in [0.25, 0.3) is 10.9 Å². The highest BCUT2D eigenvalue weighted by Crippen LogP contribution is 2.21. The number of hydroxylamine groups is 1. The van der Waals surface area contributed by atoms with Crippen molar-refractivity contribution in [1.82, 2.24) is 24.4 Å². The Morgan fingerprint density at radius 2 is 1.71 bits per heavy atom. The Hall–Kier alpha value is -3.14. The number of amides is 1. The van der Waals surface area contributed by atoms with Crippen molar-refractivity contribution in [1.29, 1.82) is 0 Å². The Labute approximate surface area is 221 Å². The van der Waals surface area contributed by atoms with Crippen LogP contribution in [0.5, 0.6) is 5.75 Å². The highest BCUT2D eigenvalue weighted by molar-refractivity contribution is 7.89. The number of pyridine rings is 1. The van der Waals surface area contributed by atoms with Gasteiger partial charge in [0.15, 0.2) is 0 Å². The molecule has 1 aromatic heterocycles. The highest BCUT2D eigenvalue weighted by atomic mass is 32.2. The van der Waals surface area contributed by atoms with Crippen molar-refractivity contribution in [2.24, 2.45) is 0 Å². The first-order valence-corrected chi connectivity index (χ1v) is 15.1. The number of aromatic nitrogens is 1. The van der Waals surface area contributed by atoms with Crippen LogP contribution in [0.2, 0.25) is 0 Å². The minimum absolute atomic E-state index is 0.0238. The molecule has 0 bridgehead atoms. The summed E-state index contributed by atoms with van der Waals surface area (Å²) in [6.45, 7) is 0.658. The van der Waals surface area contributed by atoms with Gasteiger partial charge in [0.05, 0.1) is 16.7 Å². The zero-order valence-corrected chi connectivity index (χ0v) is 22.3. The summed E-state index contributed by atoms with van der Waals surface area (Å²) in [6, 6.07) is 14.4. The molecule has 1 saturated heterocycles. The molecule has 3 aromatic rings. The van der Waals surface area contributed by atoms with E-state index in [0.29, 0.717) is 5.75 Å². The molecule has 204 valence electrons. The number of para-hydroxylation sites is 1. The smallest absolute Gasteiger partial charge is 0.262 e. The molecule has 2 aromatic carbocycles. The highest BCUT2D eigenvalue weighted by Gasteiger charge is 2.32. The molecule has 1 amide bonds. The molecule has 2 heterocycles. The van der Waals surface area contributed by atoms with Gasteiger partial charge in [0.1, 0.15) is 18.4 Å². The minimum Gasteiger partial charge on any atom is -0.489 e. The second kappa shape index (κ2) is 11.7. The summed E-state index contributed by atoms with van der Waals surface area (Å²) >= 11 is 0. The van der Waals surface area contributed by atoms with Crippen LogP contribution in [0.4, 0.5) is 0 Å². The number of carbonyl (C=O) groups excluding carboxylic acids is 1. The molecule has 0 saturated carbocycles. The number of hydrogen-bond acceptors (Lipinski definition) is 9. The number of hydrogen-bond donors (Lipinski definition) is 3. The van der Waals surface area contributed by atoms with Crippen LogP contribution in [0.1, 0.15) is 5.56 Å². The molecule has 14 heteroatoms. The van der Waals surface area contributed by atoms with Crippen LogP contribution in [-0.2, 0) is 31.4 Å². The first-order valence-electron chi connectivity index (χ1n) is 11.8. The van der Waals surface area contributed by atoms with Gasteiger partial charge in [0.25, 0.3) is 5.91 Å². The van der Waals surface area contributed by atoms with Gasteiger partial charge in [-0.2, -0.15) is 4.31 Å². The molecule has 0 aliphatic carbocycles. The molecule has 12 nitrogen and oxygen atoms in total. The van der Waals surface area contributed by atoms with Crippen molar-refractivity contribution in [3.05, 3.63) is 66.4 Å². The zero-order chi connectivity index (χ0) is 27.3. The number of carbonyl (C=O) groups is 1. The maximum Gasteiger partial charge on any atom is 0.262 e.